The van der Waals surface area contributed by atoms with E-state index in [2.05, 4.69) is 0 Å². The number of likely N-dealkylation sites (tertiary alicyclic amines) is 1. The second-order valence-corrected chi connectivity index (χ2v) is 5.64. The van der Waals surface area contributed by atoms with E-state index in [-0.39, 0.29) is 17.2 Å². The zero-order chi connectivity index (χ0) is 15.5. The normalized spacial score (nSPS) is 15.8. The van der Waals surface area contributed by atoms with Gasteiger partial charge in [-0.2, -0.15) is 0 Å². The second-order valence-electron chi connectivity index (χ2n) is 5.64. The maximum absolute atomic E-state index is 13.7. The van der Waals surface area contributed by atoms with Gasteiger partial charge in [0.1, 0.15) is 11.6 Å². The van der Waals surface area contributed by atoms with Crippen LogP contribution in [0.3, 0.4) is 0 Å². The fourth-order valence-corrected chi connectivity index (χ4v) is 2.97. The minimum absolute atomic E-state index is 0.144. The molecular weight excluding hydrogens is 281 g/mol. The summed E-state index contributed by atoms with van der Waals surface area (Å²) in [6.07, 6.45) is 1.70. The van der Waals surface area contributed by atoms with Crippen LogP contribution in [0.25, 0.3) is 0 Å². The third-order valence-electron chi connectivity index (χ3n) is 4.25. The number of phenols is 1. The first-order valence-corrected chi connectivity index (χ1v) is 7.48. The van der Waals surface area contributed by atoms with Gasteiger partial charge in [-0.15, -0.1) is 0 Å². The summed E-state index contributed by atoms with van der Waals surface area (Å²) in [5.74, 6) is -0.0587. The van der Waals surface area contributed by atoms with Gasteiger partial charge in [0.2, 0.25) is 0 Å². The van der Waals surface area contributed by atoms with E-state index in [4.69, 9.17) is 0 Å². The quantitative estimate of drug-likeness (QED) is 0.921. The molecule has 0 radical (unpaired) electrons. The van der Waals surface area contributed by atoms with Crippen LogP contribution < -0.4 is 0 Å². The second kappa shape index (κ2) is 6.18. The van der Waals surface area contributed by atoms with Crippen LogP contribution in [0.5, 0.6) is 5.75 Å². The van der Waals surface area contributed by atoms with Gasteiger partial charge in [0, 0.05) is 13.1 Å². The van der Waals surface area contributed by atoms with Crippen LogP contribution in [-0.4, -0.2) is 29.0 Å². The standard InChI is InChI=1S/C18H18FNO2/c19-17-4-2-1-3-16(17)18(22)20-11-9-14(10-12-20)13-5-7-15(21)8-6-13/h1-8,14,21H,9-12H2. The molecule has 3 nitrogen and oxygen atoms in total. The van der Waals surface area contributed by atoms with Crippen LogP contribution >= 0.6 is 0 Å². The molecular formula is C18H18FNO2. The summed E-state index contributed by atoms with van der Waals surface area (Å²) >= 11 is 0. The van der Waals surface area contributed by atoms with E-state index in [0.717, 1.165) is 12.8 Å². The van der Waals surface area contributed by atoms with E-state index in [1.165, 1.54) is 17.7 Å². The molecule has 0 spiro atoms. The average Bonchev–Trinajstić information content (AvgIpc) is 2.56. The number of aromatic hydroxyl groups is 1. The summed E-state index contributed by atoms with van der Waals surface area (Å²) in [4.78, 5) is 14.1. The van der Waals surface area contributed by atoms with E-state index in [9.17, 15) is 14.3 Å². The molecule has 4 heteroatoms. The molecule has 0 aromatic heterocycles. The van der Waals surface area contributed by atoms with Gasteiger partial charge in [0.25, 0.3) is 5.91 Å². The molecule has 1 N–H and O–H groups in total. The molecule has 0 unspecified atom stereocenters. The minimum atomic E-state index is -0.465. The molecule has 0 bridgehead atoms. The van der Waals surface area contributed by atoms with Crippen LogP contribution in [0.1, 0.15) is 34.7 Å². The van der Waals surface area contributed by atoms with Crippen molar-refractivity contribution < 1.29 is 14.3 Å². The molecule has 114 valence electrons. The Bertz CT molecular complexity index is 661. The summed E-state index contributed by atoms with van der Waals surface area (Å²) in [6.45, 7) is 1.25. The molecule has 1 aliphatic heterocycles. The number of phenolic OH excluding ortho intramolecular Hbond substituents is 1. The Balaban J connectivity index is 1.65. The third-order valence-corrected chi connectivity index (χ3v) is 4.25. The number of halogens is 1. The molecule has 0 atom stereocenters. The predicted octanol–water partition coefficient (Wildman–Crippen LogP) is 3.55. The summed E-state index contributed by atoms with van der Waals surface area (Å²) in [5.41, 5.74) is 1.32. The Morgan fingerprint density at radius 2 is 1.68 bits per heavy atom. The number of piperidine rings is 1. The summed E-state index contributed by atoms with van der Waals surface area (Å²) in [6, 6.07) is 13.3. The molecule has 1 amide bonds. The Morgan fingerprint density at radius 1 is 1.05 bits per heavy atom. The molecule has 1 saturated heterocycles. The molecule has 0 aliphatic carbocycles. The van der Waals surface area contributed by atoms with Gasteiger partial charge in [-0.3, -0.25) is 4.79 Å². The highest BCUT2D eigenvalue weighted by Crippen LogP contribution is 2.29. The molecule has 2 aromatic rings. The van der Waals surface area contributed by atoms with Crippen LogP contribution in [0.2, 0.25) is 0 Å². The summed E-state index contributed by atoms with van der Waals surface area (Å²) in [5, 5.41) is 9.33. The highest BCUT2D eigenvalue weighted by Gasteiger charge is 2.25. The number of hydrogen-bond acceptors (Lipinski definition) is 2. The van der Waals surface area contributed by atoms with Crippen molar-refractivity contribution in [2.45, 2.75) is 18.8 Å². The van der Waals surface area contributed by atoms with Gasteiger partial charge < -0.3 is 10.0 Å². The maximum atomic E-state index is 13.7. The first-order chi connectivity index (χ1) is 10.6. The van der Waals surface area contributed by atoms with Crippen molar-refractivity contribution in [2.75, 3.05) is 13.1 Å². The van der Waals surface area contributed by atoms with Gasteiger partial charge in [-0.05, 0) is 48.6 Å². The predicted molar refractivity (Wildman–Crippen MR) is 82.4 cm³/mol. The number of benzene rings is 2. The fourth-order valence-electron chi connectivity index (χ4n) is 2.97. The molecule has 0 saturated carbocycles. The van der Waals surface area contributed by atoms with Crippen molar-refractivity contribution >= 4 is 5.91 Å². The monoisotopic (exact) mass is 299 g/mol. The van der Waals surface area contributed by atoms with E-state index in [1.54, 1.807) is 29.2 Å². The molecule has 1 heterocycles. The number of hydrogen-bond donors (Lipinski definition) is 1. The fraction of sp³-hybridized carbons (Fsp3) is 0.278. The lowest BCUT2D eigenvalue weighted by Crippen LogP contribution is -2.38. The van der Waals surface area contributed by atoms with Crippen molar-refractivity contribution in [1.82, 2.24) is 4.90 Å². The van der Waals surface area contributed by atoms with Crippen molar-refractivity contribution in [3.05, 3.63) is 65.5 Å². The summed E-state index contributed by atoms with van der Waals surface area (Å²) in [7, 11) is 0. The Hall–Kier alpha value is -2.36. The van der Waals surface area contributed by atoms with E-state index >= 15 is 0 Å². The number of carbonyl (C=O) groups is 1. The number of rotatable bonds is 2. The van der Waals surface area contributed by atoms with Crippen molar-refractivity contribution in [3.8, 4) is 5.75 Å². The smallest absolute Gasteiger partial charge is 0.256 e. The van der Waals surface area contributed by atoms with Gasteiger partial charge in [-0.1, -0.05) is 24.3 Å². The van der Waals surface area contributed by atoms with Gasteiger partial charge in [0.15, 0.2) is 0 Å². The molecule has 1 aliphatic rings. The van der Waals surface area contributed by atoms with E-state index in [1.807, 2.05) is 12.1 Å². The third kappa shape index (κ3) is 2.96. The summed E-state index contributed by atoms with van der Waals surface area (Å²) < 4.78 is 13.7. The first-order valence-electron chi connectivity index (χ1n) is 7.48. The lowest BCUT2D eigenvalue weighted by atomic mass is 9.89. The van der Waals surface area contributed by atoms with Crippen LogP contribution in [0, 0.1) is 5.82 Å². The Kier molecular flexibility index (Phi) is 4.09. The lowest BCUT2D eigenvalue weighted by molar-refractivity contribution is 0.0708. The Morgan fingerprint density at radius 3 is 2.32 bits per heavy atom. The van der Waals surface area contributed by atoms with Crippen molar-refractivity contribution in [1.29, 1.82) is 0 Å². The minimum Gasteiger partial charge on any atom is -0.508 e. The highest BCUT2D eigenvalue weighted by molar-refractivity contribution is 5.94. The largest absolute Gasteiger partial charge is 0.508 e. The zero-order valence-electron chi connectivity index (χ0n) is 12.2. The van der Waals surface area contributed by atoms with Crippen LogP contribution in [-0.2, 0) is 0 Å². The first kappa shape index (κ1) is 14.6. The van der Waals surface area contributed by atoms with E-state index < -0.39 is 5.82 Å². The number of carbonyl (C=O) groups excluding carboxylic acids is 1. The van der Waals surface area contributed by atoms with E-state index in [0.29, 0.717) is 19.0 Å². The average molecular weight is 299 g/mol. The molecule has 2 aromatic carbocycles. The highest BCUT2D eigenvalue weighted by atomic mass is 19.1. The van der Waals surface area contributed by atoms with Crippen molar-refractivity contribution in [2.24, 2.45) is 0 Å². The zero-order valence-corrected chi connectivity index (χ0v) is 12.2. The van der Waals surface area contributed by atoms with Gasteiger partial charge >= 0.3 is 0 Å². The topological polar surface area (TPSA) is 40.5 Å². The maximum Gasteiger partial charge on any atom is 0.256 e. The molecule has 3 rings (SSSR count). The van der Waals surface area contributed by atoms with Crippen molar-refractivity contribution in [3.63, 3.8) is 0 Å². The van der Waals surface area contributed by atoms with Crippen LogP contribution in [0.4, 0.5) is 4.39 Å². The van der Waals surface area contributed by atoms with Gasteiger partial charge in [0.05, 0.1) is 5.56 Å². The lowest BCUT2D eigenvalue weighted by Gasteiger charge is -2.32. The Labute approximate surface area is 129 Å². The molecule has 22 heavy (non-hydrogen) atoms. The number of nitrogens with zero attached hydrogens (tertiary/aromatic N) is 1. The van der Waals surface area contributed by atoms with Crippen LogP contribution in [0.15, 0.2) is 48.5 Å². The van der Waals surface area contributed by atoms with Gasteiger partial charge in [-0.25, -0.2) is 4.39 Å². The SMILES string of the molecule is O=C(c1ccccc1F)N1CCC(c2ccc(O)cc2)CC1. The molecule has 1 fully saturated rings. The number of amides is 1.